The zero-order valence-electron chi connectivity index (χ0n) is 19.1. The molecule has 4 rings (SSSR count). The third-order valence-corrected chi connectivity index (χ3v) is 6.21. The number of nitrogens with zero attached hydrogens (tertiary/aromatic N) is 2. The lowest BCUT2D eigenvalue weighted by molar-refractivity contribution is -0.119. The fourth-order valence-electron chi connectivity index (χ4n) is 4.27. The molecule has 178 valence electrons. The van der Waals surface area contributed by atoms with Crippen molar-refractivity contribution >= 4 is 23.6 Å². The lowest BCUT2D eigenvalue weighted by atomic mass is 10.0. The van der Waals surface area contributed by atoms with Crippen molar-refractivity contribution in [2.45, 2.75) is 38.3 Å². The molecule has 34 heavy (non-hydrogen) atoms. The number of carbonyl (C=O) groups excluding carboxylic acids is 1. The van der Waals surface area contributed by atoms with Crippen molar-refractivity contribution in [1.29, 1.82) is 0 Å². The van der Waals surface area contributed by atoms with E-state index in [0.717, 1.165) is 22.5 Å². The molecule has 0 fully saturated rings. The van der Waals surface area contributed by atoms with Crippen molar-refractivity contribution in [3.8, 4) is 11.4 Å². The summed E-state index contributed by atoms with van der Waals surface area (Å²) in [4.78, 5) is 17.5. The van der Waals surface area contributed by atoms with Crippen molar-refractivity contribution < 1.29 is 19.0 Å². The van der Waals surface area contributed by atoms with Crippen LogP contribution in [0.4, 0.5) is 4.39 Å². The number of aromatic nitrogens is 2. The number of alkyl halides is 1. The van der Waals surface area contributed by atoms with Crippen LogP contribution in [0.2, 0.25) is 0 Å². The second-order valence-corrected chi connectivity index (χ2v) is 8.76. The monoisotopic (exact) mass is 483 g/mol. The van der Waals surface area contributed by atoms with Crippen molar-refractivity contribution in [1.82, 2.24) is 14.9 Å². The van der Waals surface area contributed by atoms with Gasteiger partial charge in [0.1, 0.15) is 11.6 Å². The fraction of sp³-hybridized carbons (Fsp3) is 0.308. The van der Waals surface area contributed by atoms with E-state index in [-0.39, 0.29) is 11.7 Å². The topological polar surface area (TPSA) is 76.4 Å². The van der Waals surface area contributed by atoms with Gasteiger partial charge in [-0.25, -0.2) is 9.37 Å². The number of ether oxygens (including phenoxy) is 1. The molecule has 1 aliphatic carbocycles. The maximum absolute atomic E-state index is 13.6. The van der Waals surface area contributed by atoms with E-state index in [0.29, 0.717) is 42.0 Å². The quantitative estimate of drug-likeness (QED) is 0.365. The Hall–Kier alpha value is -3.16. The molecule has 8 heteroatoms. The summed E-state index contributed by atoms with van der Waals surface area (Å²) in [5, 5.41) is 13.4. The van der Waals surface area contributed by atoms with Gasteiger partial charge >= 0.3 is 0 Å². The number of rotatable bonds is 8. The SMILES string of the molecule is COc1cc(/C=C(\CCCCl)C(=O)NC2c3ccc(F)cc3CC2O)ccc1-n1cnc(C)c1. The van der Waals surface area contributed by atoms with Crippen LogP contribution in [0.25, 0.3) is 11.8 Å². The van der Waals surface area contributed by atoms with E-state index in [2.05, 4.69) is 10.3 Å². The summed E-state index contributed by atoms with van der Waals surface area (Å²) >= 11 is 5.90. The molecule has 0 radical (unpaired) electrons. The number of nitrogens with one attached hydrogen (secondary N) is 1. The number of aliphatic hydroxyl groups excluding tert-OH is 1. The van der Waals surface area contributed by atoms with Crippen molar-refractivity contribution in [3.05, 3.63) is 82.7 Å². The van der Waals surface area contributed by atoms with Crippen LogP contribution in [-0.4, -0.2) is 39.7 Å². The lowest BCUT2D eigenvalue weighted by Crippen LogP contribution is -2.34. The van der Waals surface area contributed by atoms with Crippen LogP contribution in [0.5, 0.6) is 5.75 Å². The largest absolute Gasteiger partial charge is 0.495 e. The Balaban J connectivity index is 1.60. The number of hydrogen-bond acceptors (Lipinski definition) is 4. The molecule has 0 aliphatic heterocycles. The fourth-order valence-corrected chi connectivity index (χ4v) is 4.41. The molecule has 0 spiro atoms. The first-order valence-corrected chi connectivity index (χ1v) is 11.7. The number of aliphatic hydroxyl groups is 1. The summed E-state index contributed by atoms with van der Waals surface area (Å²) < 4.78 is 21.0. The van der Waals surface area contributed by atoms with Gasteiger partial charge in [0.2, 0.25) is 5.91 Å². The van der Waals surface area contributed by atoms with E-state index in [1.54, 1.807) is 25.6 Å². The van der Waals surface area contributed by atoms with Crippen LogP contribution in [0.15, 0.2) is 54.5 Å². The first kappa shape index (κ1) is 24.0. The van der Waals surface area contributed by atoms with Crippen LogP contribution in [-0.2, 0) is 11.2 Å². The highest BCUT2D eigenvalue weighted by Crippen LogP contribution is 2.33. The molecule has 2 atom stereocenters. The van der Waals surface area contributed by atoms with Gasteiger partial charge < -0.3 is 19.7 Å². The molecular formula is C26H27ClFN3O3. The molecule has 0 saturated heterocycles. The smallest absolute Gasteiger partial charge is 0.247 e. The molecule has 3 aromatic rings. The number of fused-ring (bicyclic) bond motifs is 1. The van der Waals surface area contributed by atoms with Gasteiger partial charge in [0.25, 0.3) is 0 Å². The predicted octanol–water partition coefficient (Wildman–Crippen LogP) is 4.51. The average Bonchev–Trinajstić information content (AvgIpc) is 3.38. The van der Waals surface area contributed by atoms with Crippen LogP contribution < -0.4 is 10.1 Å². The minimum absolute atomic E-state index is 0.292. The number of amides is 1. The average molecular weight is 484 g/mol. The lowest BCUT2D eigenvalue weighted by Gasteiger charge is -2.19. The summed E-state index contributed by atoms with van der Waals surface area (Å²) in [6, 6.07) is 9.46. The summed E-state index contributed by atoms with van der Waals surface area (Å²) in [6.45, 7) is 1.91. The molecule has 2 N–H and O–H groups in total. The Labute approximate surface area is 203 Å². The number of methoxy groups -OCH3 is 1. The summed E-state index contributed by atoms with van der Waals surface area (Å²) in [5.41, 5.74) is 4.51. The molecule has 2 unspecified atom stereocenters. The molecule has 0 saturated carbocycles. The molecule has 1 aliphatic rings. The van der Waals surface area contributed by atoms with E-state index < -0.39 is 12.1 Å². The molecule has 6 nitrogen and oxygen atoms in total. The van der Waals surface area contributed by atoms with Gasteiger partial charge in [0, 0.05) is 24.1 Å². The number of carbonyl (C=O) groups is 1. The Kier molecular flexibility index (Phi) is 7.34. The Bertz CT molecular complexity index is 1220. The zero-order chi connectivity index (χ0) is 24.2. The highest BCUT2D eigenvalue weighted by atomic mass is 35.5. The van der Waals surface area contributed by atoms with Gasteiger partial charge in [-0.15, -0.1) is 11.6 Å². The van der Waals surface area contributed by atoms with Crippen LogP contribution in [0, 0.1) is 12.7 Å². The maximum atomic E-state index is 13.6. The Morgan fingerprint density at radius 2 is 2.18 bits per heavy atom. The van der Waals surface area contributed by atoms with Crippen molar-refractivity contribution in [2.75, 3.05) is 13.0 Å². The molecule has 1 heterocycles. The van der Waals surface area contributed by atoms with Crippen LogP contribution in [0.3, 0.4) is 0 Å². The molecular weight excluding hydrogens is 457 g/mol. The minimum Gasteiger partial charge on any atom is -0.495 e. The number of aryl methyl sites for hydroxylation is 1. The van der Waals surface area contributed by atoms with E-state index in [1.807, 2.05) is 35.9 Å². The zero-order valence-corrected chi connectivity index (χ0v) is 19.8. The number of imidazole rings is 1. The Morgan fingerprint density at radius 1 is 1.35 bits per heavy atom. The van der Waals surface area contributed by atoms with Gasteiger partial charge in [-0.1, -0.05) is 12.1 Å². The van der Waals surface area contributed by atoms with Gasteiger partial charge in [-0.2, -0.15) is 0 Å². The first-order chi connectivity index (χ1) is 16.4. The van der Waals surface area contributed by atoms with E-state index in [1.165, 1.54) is 12.1 Å². The Morgan fingerprint density at radius 3 is 2.88 bits per heavy atom. The van der Waals surface area contributed by atoms with Crippen LogP contribution in [0.1, 0.15) is 41.3 Å². The van der Waals surface area contributed by atoms with Gasteiger partial charge in [-0.3, -0.25) is 4.79 Å². The summed E-state index contributed by atoms with van der Waals surface area (Å²) in [5.74, 6) is 0.412. The molecule has 1 amide bonds. The molecule has 1 aromatic heterocycles. The van der Waals surface area contributed by atoms with Gasteiger partial charge in [0.15, 0.2) is 0 Å². The van der Waals surface area contributed by atoms with Crippen molar-refractivity contribution in [2.24, 2.45) is 0 Å². The van der Waals surface area contributed by atoms with E-state index >= 15 is 0 Å². The van der Waals surface area contributed by atoms with Gasteiger partial charge in [-0.05, 0) is 66.8 Å². The van der Waals surface area contributed by atoms with Gasteiger partial charge in [0.05, 0.1) is 37.0 Å². The van der Waals surface area contributed by atoms with E-state index in [4.69, 9.17) is 16.3 Å². The van der Waals surface area contributed by atoms with Crippen LogP contribution >= 0.6 is 11.6 Å². The third-order valence-electron chi connectivity index (χ3n) is 5.95. The molecule has 2 aromatic carbocycles. The predicted molar refractivity (Wildman–Crippen MR) is 130 cm³/mol. The first-order valence-electron chi connectivity index (χ1n) is 11.1. The normalized spacial score (nSPS) is 17.5. The maximum Gasteiger partial charge on any atom is 0.247 e. The highest BCUT2D eigenvalue weighted by molar-refractivity contribution is 6.17. The summed E-state index contributed by atoms with van der Waals surface area (Å²) in [7, 11) is 1.60. The second-order valence-electron chi connectivity index (χ2n) is 8.38. The number of halogens is 2. The minimum atomic E-state index is -0.812. The number of benzene rings is 2. The third kappa shape index (κ3) is 5.16. The van der Waals surface area contributed by atoms with Crippen molar-refractivity contribution in [3.63, 3.8) is 0 Å². The molecule has 0 bridgehead atoms. The second kappa shape index (κ2) is 10.4. The number of hydrogen-bond donors (Lipinski definition) is 2. The standard InChI is InChI=1S/C26H27ClFN3O3/c1-16-14-31(15-29-16)22-8-5-17(11-24(22)34-2)10-18(4-3-9-27)26(33)30-25-21-7-6-20(28)12-19(21)13-23(25)32/h5-8,10-12,14-15,23,25,32H,3-4,9,13H2,1-2H3,(H,30,33)/b18-10+. The van der Waals surface area contributed by atoms with E-state index in [9.17, 15) is 14.3 Å². The summed E-state index contributed by atoms with van der Waals surface area (Å²) in [6.07, 6.45) is 6.01. The highest BCUT2D eigenvalue weighted by Gasteiger charge is 2.33.